The summed E-state index contributed by atoms with van der Waals surface area (Å²) in [7, 11) is 0. The average molecular weight is 1150 g/mol. The van der Waals surface area contributed by atoms with E-state index in [0.717, 1.165) is 122 Å². The minimum absolute atomic E-state index is 0.101. The number of allylic oxidation sites excluding steroid dienone is 22. The molecule has 83 heavy (non-hydrogen) atoms. The van der Waals surface area contributed by atoms with Crippen molar-refractivity contribution in [1.82, 2.24) is 0 Å². The first-order chi connectivity index (χ1) is 41.0. The van der Waals surface area contributed by atoms with Gasteiger partial charge in [-0.05, 0) is 109 Å². The van der Waals surface area contributed by atoms with E-state index in [4.69, 9.17) is 14.2 Å². The fourth-order valence-corrected chi connectivity index (χ4v) is 9.54. The van der Waals surface area contributed by atoms with Crippen LogP contribution in [0.2, 0.25) is 0 Å². The summed E-state index contributed by atoms with van der Waals surface area (Å²) in [5.74, 6) is -0.959. The fourth-order valence-electron chi connectivity index (χ4n) is 9.54. The third-order valence-electron chi connectivity index (χ3n) is 14.7. The Balaban J connectivity index is 4.43. The van der Waals surface area contributed by atoms with Gasteiger partial charge in [0.1, 0.15) is 13.2 Å². The second-order valence-electron chi connectivity index (χ2n) is 22.7. The third kappa shape index (κ3) is 68.2. The van der Waals surface area contributed by atoms with E-state index in [1.807, 2.05) is 0 Å². The standard InChI is InChI=1S/C77H128O6/c1-4-7-10-13-16-19-22-25-28-31-33-35-36-37-38-39-40-42-43-46-49-52-55-58-61-64-67-70-76(79)82-73-74(72-81-75(78)69-66-63-60-57-54-51-48-45-30-27-24-21-18-15-12-9-6-3)83-77(80)71-68-65-62-59-56-53-50-47-44-41-34-32-29-26-23-20-17-14-11-8-5-2/h7,9-10,12,16,18-19,21,25,27-28,30,33,35,37-38,40,42,48,51,57,60,74H,4-6,8,11,13-15,17,20,22-24,26,29,31-32,34,36,39,41,43-47,49-50,52-56,58-59,61-73H2,1-3H3/b10-7-,12-9-,19-16-,21-18-,28-25-,30-27-,35-33-,38-37-,42-40-,51-48-,60-57-. The molecule has 1 atom stereocenters. The Morgan fingerprint density at radius 3 is 0.783 bits per heavy atom. The van der Waals surface area contributed by atoms with Gasteiger partial charge < -0.3 is 14.2 Å². The molecule has 0 heterocycles. The van der Waals surface area contributed by atoms with E-state index in [0.29, 0.717) is 19.3 Å². The van der Waals surface area contributed by atoms with Gasteiger partial charge in [0.15, 0.2) is 6.10 Å². The van der Waals surface area contributed by atoms with Crippen molar-refractivity contribution in [3.8, 4) is 0 Å². The minimum Gasteiger partial charge on any atom is -0.462 e. The number of unbranched alkanes of at least 4 members (excludes halogenated alkanes) is 29. The van der Waals surface area contributed by atoms with Gasteiger partial charge in [-0.3, -0.25) is 14.4 Å². The number of hydrogen-bond donors (Lipinski definition) is 0. The minimum atomic E-state index is -0.810. The van der Waals surface area contributed by atoms with Crippen molar-refractivity contribution in [2.45, 2.75) is 322 Å². The largest absolute Gasteiger partial charge is 0.462 e. The van der Waals surface area contributed by atoms with E-state index in [-0.39, 0.29) is 37.5 Å². The molecule has 0 rings (SSSR count). The first-order valence-corrected chi connectivity index (χ1v) is 34.7. The molecule has 0 saturated heterocycles. The monoisotopic (exact) mass is 1150 g/mol. The molecule has 0 N–H and O–H groups in total. The second kappa shape index (κ2) is 70.0. The molecule has 0 aliphatic carbocycles. The molecule has 472 valence electrons. The topological polar surface area (TPSA) is 78.9 Å². The molecule has 6 heteroatoms. The lowest BCUT2D eigenvalue weighted by molar-refractivity contribution is -0.167. The maximum atomic E-state index is 13.0. The van der Waals surface area contributed by atoms with Gasteiger partial charge in [-0.15, -0.1) is 0 Å². The summed E-state index contributed by atoms with van der Waals surface area (Å²) in [5.41, 5.74) is 0. The van der Waals surface area contributed by atoms with Crippen molar-refractivity contribution >= 4 is 17.9 Å². The van der Waals surface area contributed by atoms with Crippen LogP contribution < -0.4 is 0 Å². The van der Waals surface area contributed by atoms with Gasteiger partial charge in [0.2, 0.25) is 0 Å². The summed E-state index contributed by atoms with van der Waals surface area (Å²) in [6.45, 7) is 6.39. The molecular formula is C77H128O6. The highest BCUT2D eigenvalue weighted by Gasteiger charge is 2.19. The van der Waals surface area contributed by atoms with Crippen LogP contribution >= 0.6 is 0 Å². The molecular weight excluding hydrogens is 1020 g/mol. The lowest BCUT2D eigenvalue weighted by Gasteiger charge is -2.18. The summed E-state index contributed by atoms with van der Waals surface area (Å²) in [6.07, 6.45) is 99.0. The number of esters is 3. The van der Waals surface area contributed by atoms with Crippen molar-refractivity contribution in [3.63, 3.8) is 0 Å². The molecule has 0 aliphatic heterocycles. The number of hydrogen-bond acceptors (Lipinski definition) is 6. The first kappa shape index (κ1) is 78.5. The zero-order valence-electron chi connectivity index (χ0n) is 54.2. The van der Waals surface area contributed by atoms with Gasteiger partial charge in [-0.25, -0.2) is 0 Å². The van der Waals surface area contributed by atoms with Crippen LogP contribution in [0.15, 0.2) is 134 Å². The highest BCUT2D eigenvalue weighted by Crippen LogP contribution is 2.17. The average Bonchev–Trinajstić information content (AvgIpc) is 3.49. The summed E-state index contributed by atoms with van der Waals surface area (Å²) in [6, 6.07) is 0. The Kier molecular flexibility index (Phi) is 66.3. The number of ether oxygens (including phenoxy) is 3. The zero-order valence-corrected chi connectivity index (χ0v) is 54.2. The summed E-state index contributed by atoms with van der Waals surface area (Å²) in [4.78, 5) is 38.4. The summed E-state index contributed by atoms with van der Waals surface area (Å²) in [5, 5.41) is 0. The highest BCUT2D eigenvalue weighted by atomic mass is 16.6. The van der Waals surface area contributed by atoms with Crippen LogP contribution in [0, 0.1) is 0 Å². The Bertz CT molecular complexity index is 1750. The molecule has 0 spiro atoms. The number of carbonyl (C=O) groups is 3. The molecule has 6 nitrogen and oxygen atoms in total. The van der Waals surface area contributed by atoms with E-state index in [2.05, 4.69) is 154 Å². The molecule has 1 unspecified atom stereocenters. The Hall–Kier alpha value is -4.45. The van der Waals surface area contributed by atoms with Crippen molar-refractivity contribution in [2.24, 2.45) is 0 Å². The normalized spacial score (nSPS) is 13.0. The van der Waals surface area contributed by atoms with Gasteiger partial charge >= 0.3 is 17.9 Å². The summed E-state index contributed by atoms with van der Waals surface area (Å²) >= 11 is 0. The Morgan fingerprint density at radius 2 is 0.482 bits per heavy atom. The van der Waals surface area contributed by atoms with Crippen LogP contribution in [0.4, 0.5) is 0 Å². The van der Waals surface area contributed by atoms with Gasteiger partial charge in [0.25, 0.3) is 0 Å². The zero-order chi connectivity index (χ0) is 59.9. The number of carbonyl (C=O) groups excluding carboxylic acids is 3. The van der Waals surface area contributed by atoms with Crippen LogP contribution in [0.1, 0.15) is 316 Å². The first-order valence-electron chi connectivity index (χ1n) is 34.7. The third-order valence-corrected chi connectivity index (χ3v) is 14.7. The predicted octanol–water partition coefficient (Wildman–Crippen LogP) is 24.1. The molecule has 0 radical (unpaired) electrons. The highest BCUT2D eigenvalue weighted by molar-refractivity contribution is 5.71. The van der Waals surface area contributed by atoms with Crippen LogP contribution in [-0.2, 0) is 28.6 Å². The molecule has 0 amide bonds. The molecule has 0 aromatic carbocycles. The van der Waals surface area contributed by atoms with Crippen LogP contribution in [0.5, 0.6) is 0 Å². The van der Waals surface area contributed by atoms with Crippen LogP contribution in [-0.4, -0.2) is 37.2 Å². The predicted molar refractivity (Wildman–Crippen MR) is 362 cm³/mol. The van der Waals surface area contributed by atoms with E-state index >= 15 is 0 Å². The van der Waals surface area contributed by atoms with Gasteiger partial charge in [-0.1, -0.05) is 321 Å². The maximum Gasteiger partial charge on any atom is 0.306 e. The van der Waals surface area contributed by atoms with E-state index in [1.165, 1.54) is 148 Å². The van der Waals surface area contributed by atoms with Crippen LogP contribution in [0.25, 0.3) is 0 Å². The second-order valence-corrected chi connectivity index (χ2v) is 22.7. The fraction of sp³-hybridized carbons (Fsp3) is 0.675. The van der Waals surface area contributed by atoms with E-state index in [1.54, 1.807) is 0 Å². The molecule has 0 aliphatic rings. The smallest absolute Gasteiger partial charge is 0.306 e. The van der Waals surface area contributed by atoms with Crippen molar-refractivity contribution in [2.75, 3.05) is 13.2 Å². The lowest BCUT2D eigenvalue weighted by atomic mass is 10.0. The molecule has 0 fully saturated rings. The number of rotatable bonds is 62. The molecule has 0 aromatic rings. The van der Waals surface area contributed by atoms with Gasteiger partial charge in [0.05, 0.1) is 0 Å². The lowest BCUT2D eigenvalue weighted by Crippen LogP contribution is -2.30. The van der Waals surface area contributed by atoms with Crippen LogP contribution in [0.3, 0.4) is 0 Å². The van der Waals surface area contributed by atoms with Gasteiger partial charge in [0, 0.05) is 19.3 Å². The Labute approximate surface area is 513 Å². The van der Waals surface area contributed by atoms with Crippen molar-refractivity contribution in [1.29, 1.82) is 0 Å². The Morgan fingerprint density at radius 1 is 0.253 bits per heavy atom. The van der Waals surface area contributed by atoms with Crippen molar-refractivity contribution in [3.05, 3.63) is 134 Å². The SMILES string of the molecule is CC/C=C\C/C=C\C/C=C\C/C=C\C/C=C\C/C=C\CCCCCCCCCCC(=O)OCC(COC(=O)CCC/C=C\C/C=C\C/C=C\C/C=C\C/C=C\CC)OC(=O)CCCCCCCCCCCCCCCCCCCCCCC. The molecule has 0 bridgehead atoms. The van der Waals surface area contributed by atoms with E-state index in [9.17, 15) is 14.4 Å². The van der Waals surface area contributed by atoms with Gasteiger partial charge in [-0.2, -0.15) is 0 Å². The quantitative estimate of drug-likeness (QED) is 0.0261. The van der Waals surface area contributed by atoms with E-state index < -0.39 is 6.10 Å². The molecule has 0 aromatic heterocycles. The molecule has 0 saturated carbocycles. The maximum absolute atomic E-state index is 13.0. The van der Waals surface area contributed by atoms with Crippen molar-refractivity contribution < 1.29 is 28.6 Å². The summed E-state index contributed by atoms with van der Waals surface area (Å²) < 4.78 is 16.9.